The number of rotatable bonds is 4. The topological polar surface area (TPSA) is 56.5 Å². The Morgan fingerprint density at radius 3 is 2.46 bits per heavy atom. The van der Waals surface area contributed by atoms with Crippen molar-refractivity contribution in [1.82, 2.24) is 0 Å². The van der Waals surface area contributed by atoms with Gasteiger partial charge in [0.15, 0.2) is 6.10 Å². The molecule has 0 radical (unpaired) electrons. The highest BCUT2D eigenvalue weighted by Crippen LogP contribution is 2.24. The quantitative estimate of drug-likeness (QED) is 0.537. The summed E-state index contributed by atoms with van der Waals surface area (Å²) in [6.45, 7) is 5.33. The molecule has 1 atom stereocenters. The summed E-state index contributed by atoms with van der Waals surface area (Å²) in [5.41, 5.74) is 2.19. The normalized spacial score (nSPS) is 12.1. The average Bonchev–Trinajstić information content (AvgIpc) is 2.59. The summed E-state index contributed by atoms with van der Waals surface area (Å²) in [5, 5.41) is 0.862. The largest absolute Gasteiger partial charge is 0.482 e. The van der Waals surface area contributed by atoms with Crippen LogP contribution in [-0.4, -0.2) is 11.9 Å². The van der Waals surface area contributed by atoms with Gasteiger partial charge in [-0.2, -0.15) is 0 Å². The molecule has 0 saturated heterocycles. The van der Waals surface area contributed by atoms with Crippen LogP contribution in [0, 0.1) is 13.8 Å². The van der Waals surface area contributed by atoms with Crippen LogP contribution in [0.2, 0.25) is 0 Å². The molecule has 0 unspecified atom stereocenters. The van der Waals surface area contributed by atoms with Crippen molar-refractivity contribution in [2.75, 3.05) is 0 Å². The first-order valence-corrected chi connectivity index (χ1v) is 7.77. The molecule has 3 rings (SSSR count). The van der Waals surface area contributed by atoms with E-state index in [4.69, 9.17) is 9.15 Å². The lowest BCUT2D eigenvalue weighted by Gasteiger charge is -2.14. The SMILES string of the molecule is Cc1c(C)c2ccc(O[C@@H](C)C(=O)c3ccccc3)cc2oc1=O. The Hall–Kier alpha value is -2.88. The molecule has 1 heterocycles. The van der Waals surface area contributed by atoms with E-state index in [1.54, 1.807) is 38.1 Å². The van der Waals surface area contributed by atoms with Gasteiger partial charge < -0.3 is 9.15 Å². The van der Waals surface area contributed by atoms with E-state index >= 15 is 0 Å². The first-order chi connectivity index (χ1) is 11.5. The number of aryl methyl sites for hydroxylation is 1. The van der Waals surface area contributed by atoms with Crippen molar-refractivity contribution in [2.24, 2.45) is 0 Å². The van der Waals surface area contributed by atoms with Gasteiger partial charge in [-0.15, -0.1) is 0 Å². The van der Waals surface area contributed by atoms with E-state index in [2.05, 4.69) is 0 Å². The van der Waals surface area contributed by atoms with Crippen molar-refractivity contribution in [1.29, 1.82) is 0 Å². The molecule has 0 amide bonds. The number of benzene rings is 2. The summed E-state index contributed by atoms with van der Waals surface area (Å²) in [6.07, 6.45) is -0.636. The monoisotopic (exact) mass is 322 g/mol. The second-order valence-electron chi connectivity index (χ2n) is 5.79. The second-order valence-corrected chi connectivity index (χ2v) is 5.79. The van der Waals surface area contributed by atoms with Gasteiger partial charge in [0.25, 0.3) is 0 Å². The fourth-order valence-corrected chi connectivity index (χ4v) is 2.60. The molecular weight excluding hydrogens is 304 g/mol. The number of carbonyl (C=O) groups excluding carboxylic acids is 1. The average molecular weight is 322 g/mol. The minimum atomic E-state index is -0.636. The maximum atomic E-state index is 12.4. The third-order valence-corrected chi connectivity index (χ3v) is 4.17. The molecule has 0 bridgehead atoms. The van der Waals surface area contributed by atoms with E-state index in [1.807, 2.05) is 31.2 Å². The predicted octanol–water partition coefficient (Wildman–Crippen LogP) is 4.06. The Morgan fingerprint density at radius 2 is 1.75 bits per heavy atom. The Kier molecular flexibility index (Phi) is 4.21. The fourth-order valence-electron chi connectivity index (χ4n) is 2.60. The summed E-state index contributed by atoms with van der Waals surface area (Å²) >= 11 is 0. The molecule has 0 saturated carbocycles. The van der Waals surface area contributed by atoms with E-state index < -0.39 is 6.10 Å². The van der Waals surface area contributed by atoms with Crippen molar-refractivity contribution < 1.29 is 13.9 Å². The molecule has 0 aliphatic rings. The molecule has 0 N–H and O–H groups in total. The molecular formula is C20H18O4. The lowest BCUT2D eigenvalue weighted by atomic mass is 10.1. The maximum Gasteiger partial charge on any atom is 0.339 e. The second kappa shape index (κ2) is 6.32. The van der Waals surface area contributed by atoms with Crippen molar-refractivity contribution in [3.8, 4) is 5.75 Å². The van der Waals surface area contributed by atoms with Gasteiger partial charge in [-0.05, 0) is 38.5 Å². The van der Waals surface area contributed by atoms with Gasteiger partial charge in [0.1, 0.15) is 11.3 Å². The van der Waals surface area contributed by atoms with E-state index in [9.17, 15) is 9.59 Å². The summed E-state index contributed by atoms with van der Waals surface area (Å²) in [5.74, 6) is 0.392. The van der Waals surface area contributed by atoms with Gasteiger partial charge in [0, 0.05) is 22.6 Å². The van der Waals surface area contributed by atoms with Gasteiger partial charge >= 0.3 is 5.63 Å². The van der Waals surface area contributed by atoms with Crippen LogP contribution < -0.4 is 10.4 Å². The van der Waals surface area contributed by atoms with Gasteiger partial charge in [0.05, 0.1) is 0 Å². The van der Waals surface area contributed by atoms with Crippen LogP contribution in [0.1, 0.15) is 28.4 Å². The molecule has 122 valence electrons. The van der Waals surface area contributed by atoms with Crippen molar-refractivity contribution in [3.05, 3.63) is 75.6 Å². The number of ketones is 1. The van der Waals surface area contributed by atoms with E-state index in [0.717, 1.165) is 10.9 Å². The molecule has 1 aromatic heterocycles. The minimum absolute atomic E-state index is 0.0998. The summed E-state index contributed by atoms with van der Waals surface area (Å²) in [4.78, 5) is 24.2. The van der Waals surface area contributed by atoms with Crippen LogP contribution >= 0.6 is 0 Å². The predicted molar refractivity (Wildman–Crippen MR) is 92.8 cm³/mol. The zero-order chi connectivity index (χ0) is 17.3. The zero-order valence-corrected chi connectivity index (χ0v) is 13.8. The van der Waals surface area contributed by atoms with Crippen molar-refractivity contribution in [2.45, 2.75) is 26.9 Å². The molecule has 2 aromatic carbocycles. The van der Waals surface area contributed by atoms with Crippen LogP contribution in [0.15, 0.2) is 57.7 Å². The van der Waals surface area contributed by atoms with Gasteiger partial charge in [-0.3, -0.25) is 4.79 Å². The molecule has 4 nitrogen and oxygen atoms in total. The number of hydrogen-bond acceptors (Lipinski definition) is 4. The van der Waals surface area contributed by atoms with E-state index in [0.29, 0.717) is 22.5 Å². The van der Waals surface area contributed by atoms with Gasteiger partial charge in [-0.1, -0.05) is 30.3 Å². The summed E-state index contributed by atoms with van der Waals surface area (Å²) in [6, 6.07) is 14.3. The third-order valence-electron chi connectivity index (χ3n) is 4.17. The lowest BCUT2D eigenvalue weighted by molar-refractivity contribution is 0.0818. The zero-order valence-electron chi connectivity index (χ0n) is 13.8. The van der Waals surface area contributed by atoms with Crippen LogP contribution in [-0.2, 0) is 0 Å². The first-order valence-electron chi connectivity index (χ1n) is 7.77. The van der Waals surface area contributed by atoms with Crippen LogP contribution in [0.4, 0.5) is 0 Å². The highest BCUT2D eigenvalue weighted by atomic mass is 16.5. The molecule has 4 heteroatoms. The Bertz CT molecular complexity index is 955. The van der Waals surface area contributed by atoms with Gasteiger partial charge in [-0.25, -0.2) is 4.79 Å². The Balaban J connectivity index is 1.89. The van der Waals surface area contributed by atoms with Crippen LogP contribution in [0.5, 0.6) is 5.75 Å². The molecule has 3 aromatic rings. The standard InChI is InChI=1S/C20H18O4/c1-12-13(2)20(22)24-18-11-16(9-10-17(12)18)23-14(3)19(21)15-7-5-4-6-8-15/h4-11,14H,1-3H3/t14-/m0/s1. The number of fused-ring (bicyclic) bond motifs is 1. The molecule has 0 spiro atoms. The lowest BCUT2D eigenvalue weighted by Crippen LogP contribution is -2.23. The summed E-state index contributed by atoms with van der Waals surface area (Å²) < 4.78 is 11.1. The maximum absolute atomic E-state index is 12.4. The highest BCUT2D eigenvalue weighted by Gasteiger charge is 2.17. The smallest absolute Gasteiger partial charge is 0.339 e. The van der Waals surface area contributed by atoms with E-state index in [1.165, 1.54) is 0 Å². The molecule has 0 aliphatic carbocycles. The molecule has 0 fully saturated rings. The highest BCUT2D eigenvalue weighted by molar-refractivity contribution is 5.99. The Morgan fingerprint density at radius 1 is 1.04 bits per heavy atom. The molecule has 0 aliphatic heterocycles. The summed E-state index contributed by atoms with van der Waals surface area (Å²) in [7, 11) is 0. The van der Waals surface area contributed by atoms with Gasteiger partial charge in [0.2, 0.25) is 5.78 Å². The first kappa shape index (κ1) is 16.0. The van der Waals surface area contributed by atoms with Crippen LogP contribution in [0.25, 0.3) is 11.0 Å². The number of Topliss-reactive ketones (excluding diaryl/α,β-unsaturated/α-hetero) is 1. The molecule has 24 heavy (non-hydrogen) atoms. The van der Waals surface area contributed by atoms with Crippen molar-refractivity contribution in [3.63, 3.8) is 0 Å². The number of carbonyl (C=O) groups is 1. The number of hydrogen-bond donors (Lipinski definition) is 0. The number of ether oxygens (including phenoxy) is 1. The fraction of sp³-hybridized carbons (Fsp3) is 0.200. The van der Waals surface area contributed by atoms with E-state index in [-0.39, 0.29) is 11.4 Å². The Labute approximate surface area is 139 Å². The minimum Gasteiger partial charge on any atom is -0.482 e. The van der Waals surface area contributed by atoms with Crippen molar-refractivity contribution >= 4 is 16.8 Å². The van der Waals surface area contributed by atoms with Crippen LogP contribution in [0.3, 0.4) is 0 Å². The third kappa shape index (κ3) is 2.95.